The van der Waals surface area contributed by atoms with E-state index in [9.17, 15) is 9.90 Å². The van der Waals surface area contributed by atoms with Crippen LogP contribution in [0.4, 0.5) is 5.82 Å². The summed E-state index contributed by atoms with van der Waals surface area (Å²) >= 11 is 0. The van der Waals surface area contributed by atoms with Crippen molar-refractivity contribution in [2.24, 2.45) is 0 Å². The molecule has 1 heterocycles. The number of nitrogens with zero attached hydrogens (tertiary/aromatic N) is 1. The van der Waals surface area contributed by atoms with Crippen LogP contribution >= 0.6 is 0 Å². The molecule has 0 fully saturated rings. The van der Waals surface area contributed by atoms with Gasteiger partial charge in [0, 0.05) is 5.69 Å². The van der Waals surface area contributed by atoms with Gasteiger partial charge in [-0.15, -0.1) is 0 Å². The summed E-state index contributed by atoms with van der Waals surface area (Å²) in [5.41, 5.74) is -0.483. The SMILES string of the molecule is CC(C)c1cccc(NC(=O)C(C)(C)O)n1. The lowest BCUT2D eigenvalue weighted by Crippen LogP contribution is -2.36. The molecule has 1 rings (SSSR count). The molecule has 1 amide bonds. The fraction of sp³-hybridized carbons (Fsp3) is 0.500. The zero-order valence-corrected chi connectivity index (χ0v) is 10.1. The maximum Gasteiger partial charge on any atom is 0.256 e. The van der Waals surface area contributed by atoms with Crippen molar-refractivity contribution in [1.29, 1.82) is 0 Å². The molecule has 1 aromatic rings. The Morgan fingerprint density at radius 1 is 1.44 bits per heavy atom. The first-order chi connectivity index (χ1) is 7.30. The largest absolute Gasteiger partial charge is 0.381 e. The summed E-state index contributed by atoms with van der Waals surface area (Å²) in [7, 11) is 0. The van der Waals surface area contributed by atoms with Gasteiger partial charge in [0.15, 0.2) is 0 Å². The molecule has 0 spiro atoms. The molecule has 0 bridgehead atoms. The van der Waals surface area contributed by atoms with Crippen LogP contribution in [0.15, 0.2) is 18.2 Å². The number of pyridine rings is 1. The Kier molecular flexibility index (Phi) is 3.65. The number of nitrogens with one attached hydrogen (secondary N) is 1. The number of amides is 1. The number of aromatic nitrogens is 1. The van der Waals surface area contributed by atoms with E-state index in [1.165, 1.54) is 13.8 Å². The number of carbonyl (C=O) groups is 1. The Balaban J connectivity index is 2.83. The molecule has 0 aliphatic rings. The Bertz CT molecular complexity index is 381. The maximum atomic E-state index is 11.5. The van der Waals surface area contributed by atoms with Crippen LogP contribution in [0.1, 0.15) is 39.3 Å². The molecular weight excluding hydrogens is 204 g/mol. The minimum absolute atomic E-state index is 0.305. The Morgan fingerprint density at radius 3 is 2.56 bits per heavy atom. The summed E-state index contributed by atoms with van der Waals surface area (Å²) in [6.07, 6.45) is 0. The molecule has 4 heteroatoms. The van der Waals surface area contributed by atoms with Gasteiger partial charge in [-0.05, 0) is 31.9 Å². The second kappa shape index (κ2) is 4.61. The predicted molar refractivity (Wildman–Crippen MR) is 63.3 cm³/mol. The molecule has 2 N–H and O–H groups in total. The van der Waals surface area contributed by atoms with Crippen LogP contribution in [0.2, 0.25) is 0 Å². The fourth-order valence-electron chi connectivity index (χ4n) is 1.11. The summed E-state index contributed by atoms with van der Waals surface area (Å²) < 4.78 is 0. The first kappa shape index (κ1) is 12.6. The minimum Gasteiger partial charge on any atom is -0.381 e. The third kappa shape index (κ3) is 3.31. The third-order valence-electron chi connectivity index (χ3n) is 2.16. The molecule has 4 nitrogen and oxygen atoms in total. The van der Waals surface area contributed by atoms with E-state index in [1.807, 2.05) is 26.0 Å². The van der Waals surface area contributed by atoms with Gasteiger partial charge in [-0.1, -0.05) is 19.9 Å². The lowest BCUT2D eigenvalue weighted by Gasteiger charge is -2.16. The normalized spacial score (nSPS) is 11.6. The first-order valence-electron chi connectivity index (χ1n) is 5.31. The molecule has 0 aromatic carbocycles. The zero-order valence-electron chi connectivity index (χ0n) is 10.1. The summed E-state index contributed by atoms with van der Waals surface area (Å²) in [5.74, 6) is 0.318. The van der Waals surface area contributed by atoms with Crippen LogP contribution < -0.4 is 5.32 Å². The molecule has 0 aliphatic heterocycles. The van der Waals surface area contributed by atoms with Gasteiger partial charge in [-0.3, -0.25) is 4.79 Å². The second-order valence-corrected chi connectivity index (χ2v) is 4.62. The van der Waals surface area contributed by atoms with E-state index in [0.717, 1.165) is 5.69 Å². The maximum absolute atomic E-state index is 11.5. The molecule has 88 valence electrons. The molecule has 0 radical (unpaired) electrons. The van der Waals surface area contributed by atoms with Crippen molar-refractivity contribution < 1.29 is 9.90 Å². The number of aliphatic hydroxyl groups is 1. The molecule has 0 unspecified atom stereocenters. The van der Waals surface area contributed by atoms with Gasteiger partial charge in [-0.2, -0.15) is 0 Å². The fourth-order valence-corrected chi connectivity index (χ4v) is 1.11. The van der Waals surface area contributed by atoms with E-state index in [2.05, 4.69) is 10.3 Å². The van der Waals surface area contributed by atoms with Crippen LogP contribution in [0.25, 0.3) is 0 Å². The van der Waals surface area contributed by atoms with Crippen LogP contribution in [0.5, 0.6) is 0 Å². The van der Waals surface area contributed by atoms with Crippen LogP contribution in [-0.2, 0) is 4.79 Å². The third-order valence-corrected chi connectivity index (χ3v) is 2.16. The topological polar surface area (TPSA) is 62.2 Å². The van der Waals surface area contributed by atoms with Crippen LogP contribution in [0, 0.1) is 0 Å². The van der Waals surface area contributed by atoms with Crippen molar-refractivity contribution in [2.45, 2.75) is 39.2 Å². The van der Waals surface area contributed by atoms with Crippen molar-refractivity contribution in [1.82, 2.24) is 4.98 Å². The minimum atomic E-state index is -1.39. The van der Waals surface area contributed by atoms with E-state index in [0.29, 0.717) is 11.7 Å². The quantitative estimate of drug-likeness (QED) is 0.821. The van der Waals surface area contributed by atoms with Crippen molar-refractivity contribution >= 4 is 11.7 Å². The van der Waals surface area contributed by atoms with Crippen molar-refractivity contribution in [3.05, 3.63) is 23.9 Å². The van der Waals surface area contributed by atoms with Crippen LogP contribution in [0.3, 0.4) is 0 Å². The van der Waals surface area contributed by atoms with Crippen molar-refractivity contribution in [2.75, 3.05) is 5.32 Å². The summed E-state index contributed by atoms with van der Waals surface area (Å²) in [6.45, 7) is 6.94. The van der Waals surface area contributed by atoms with Gasteiger partial charge in [-0.25, -0.2) is 4.98 Å². The van der Waals surface area contributed by atoms with Gasteiger partial charge in [0.1, 0.15) is 11.4 Å². The van der Waals surface area contributed by atoms with Crippen LogP contribution in [-0.4, -0.2) is 21.6 Å². The van der Waals surface area contributed by atoms with E-state index in [1.54, 1.807) is 6.07 Å². The Morgan fingerprint density at radius 2 is 2.06 bits per heavy atom. The molecule has 0 aliphatic carbocycles. The molecule has 0 atom stereocenters. The van der Waals surface area contributed by atoms with Crippen molar-refractivity contribution in [3.63, 3.8) is 0 Å². The predicted octanol–water partition coefficient (Wildman–Crippen LogP) is 1.91. The first-order valence-corrected chi connectivity index (χ1v) is 5.31. The number of hydrogen-bond acceptors (Lipinski definition) is 3. The summed E-state index contributed by atoms with van der Waals surface area (Å²) in [5, 5.41) is 12.1. The standard InChI is InChI=1S/C12H18N2O2/c1-8(2)9-6-5-7-10(13-9)14-11(15)12(3,4)16/h5-8,16H,1-4H3,(H,13,14,15). The molecular formula is C12H18N2O2. The summed E-state index contributed by atoms with van der Waals surface area (Å²) in [4.78, 5) is 15.8. The lowest BCUT2D eigenvalue weighted by atomic mass is 10.1. The Hall–Kier alpha value is -1.42. The number of rotatable bonds is 3. The highest BCUT2D eigenvalue weighted by Gasteiger charge is 2.23. The number of carbonyl (C=O) groups excluding carboxylic acids is 1. The van der Waals surface area contributed by atoms with Gasteiger partial charge in [0.2, 0.25) is 0 Å². The van der Waals surface area contributed by atoms with Gasteiger partial charge in [0.25, 0.3) is 5.91 Å². The molecule has 16 heavy (non-hydrogen) atoms. The lowest BCUT2D eigenvalue weighted by molar-refractivity contribution is -0.130. The summed E-state index contributed by atoms with van der Waals surface area (Å²) in [6, 6.07) is 5.45. The molecule has 1 aromatic heterocycles. The van der Waals surface area contributed by atoms with Gasteiger partial charge >= 0.3 is 0 Å². The number of hydrogen-bond donors (Lipinski definition) is 2. The average molecular weight is 222 g/mol. The highest BCUT2D eigenvalue weighted by atomic mass is 16.3. The van der Waals surface area contributed by atoms with Gasteiger partial charge < -0.3 is 10.4 Å². The monoisotopic (exact) mass is 222 g/mol. The second-order valence-electron chi connectivity index (χ2n) is 4.62. The zero-order chi connectivity index (χ0) is 12.3. The van der Waals surface area contributed by atoms with Gasteiger partial charge in [0.05, 0.1) is 0 Å². The average Bonchev–Trinajstić information content (AvgIpc) is 2.16. The van der Waals surface area contributed by atoms with E-state index >= 15 is 0 Å². The Labute approximate surface area is 95.7 Å². The van der Waals surface area contributed by atoms with E-state index < -0.39 is 11.5 Å². The van der Waals surface area contributed by atoms with Crippen molar-refractivity contribution in [3.8, 4) is 0 Å². The smallest absolute Gasteiger partial charge is 0.256 e. The molecule has 0 saturated carbocycles. The number of anilines is 1. The van der Waals surface area contributed by atoms with E-state index in [4.69, 9.17) is 0 Å². The van der Waals surface area contributed by atoms with E-state index in [-0.39, 0.29) is 0 Å². The highest BCUT2D eigenvalue weighted by molar-refractivity contribution is 5.95. The highest BCUT2D eigenvalue weighted by Crippen LogP contribution is 2.15. The molecule has 0 saturated heterocycles.